The third kappa shape index (κ3) is 5.15. The minimum absolute atomic E-state index is 0.0584. The van der Waals surface area contributed by atoms with E-state index in [-0.39, 0.29) is 22.1 Å². The molecule has 0 saturated carbocycles. The number of carbonyl (C=O) groups excluding carboxylic acids is 1. The quantitative estimate of drug-likeness (QED) is 0.346. The lowest BCUT2D eigenvalue weighted by Crippen LogP contribution is -2.34. The molecule has 0 aliphatic rings. The molecule has 8 nitrogen and oxygen atoms in total. The molecule has 0 spiro atoms. The van der Waals surface area contributed by atoms with Crippen molar-refractivity contribution in [2.75, 3.05) is 19.5 Å². The van der Waals surface area contributed by atoms with Crippen LogP contribution >= 0.6 is 44.1 Å². The normalized spacial score (nSPS) is 10.1. The SMILES string of the molecule is COc1ccc([N+](=O)[O-])cc1NC(=S)NC(=O)c1cc(Br)cc(Br)c1OC. The van der Waals surface area contributed by atoms with Gasteiger partial charge in [0.2, 0.25) is 0 Å². The van der Waals surface area contributed by atoms with Gasteiger partial charge in [-0.3, -0.25) is 20.2 Å². The van der Waals surface area contributed by atoms with Crippen LogP contribution in [0.15, 0.2) is 39.3 Å². The van der Waals surface area contributed by atoms with E-state index in [0.29, 0.717) is 20.4 Å². The second kappa shape index (κ2) is 9.11. The summed E-state index contributed by atoms with van der Waals surface area (Å²) < 4.78 is 11.6. The number of nitro benzene ring substituents is 1. The highest BCUT2D eigenvalue weighted by Gasteiger charge is 2.18. The molecular formula is C16H13Br2N3O5S. The van der Waals surface area contributed by atoms with Crippen LogP contribution in [0.25, 0.3) is 0 Å². The van der Waals surface area contributed by atoms with E-state index in [4.69, 9.17) is 21.7 Å². The van der Waals surface area contributed by atoms with Crippen LogP contribution in [0.3, 0.4) is 0 Å². The number of anilines is 1. The number of non-ortho nitro benzene ring substituents is 1. The molecule has 0 aliphatic heterocycles. The molecule has 0 radical (unpaired) electrons. The van der Waals surface area contributed by atoms with Crippen molar-refractivity contribution in [2.45, 2.75) is 0 Å². The second-order valence-electron chi connectivity index (χ2n) is 5.02. The first-order valence-electron chi connectivity index (χ1n) is 7.24. The van der Waals surface area contributed by atoms with E-state index < -0.39 is 10.8 Å². The zero-order chi connectivity index (χ0) is 20.1. The Morgan fingerprint density at radius 1 is 1.19 bits per heavy atom. The standard InChI is InChI=1S/C16H13Br2N3O5S/c1-25-13-4-3-9(21(23)24)7-12(13)19-16(27)20-15(22)10-5-8(17)6-11(18)14(10)26-2/h3-7H,1-2H3,(H2,19,20,22,27). The number of thiocarbonyl (C=S) groups is 1. The Kier molecular flexibility index (Phi) is 7.11. The minimum Gasteiger partial charge on any atom is -0.495 e. The van der Waals surface area contributed by atoms with Gasteiger partial charge in [-0.15, -0.1) is 0 Å². The molecular weight excluding hydrogens is 506 g/mol. The topological polar surface area (TPSA) is 103 Å². The Morgan fingerprint density at radius 3 is 2.48 bits per heavy atom. The number of halogens is 2. The molecule has 2 N–H and O–H groups in total. The number of rotatable bonds is 5. The second-order valence-corrected chi connectivity index (χ2v) is 7.20. The number of nitro groups is 1. The molecule has 0 fully saturated rings. The van der Waals surface area contributed by atoms with Crippen LogP contribution in [0.1, 0.15) is 10.4 Å². The summed E-state index contributed by atoms with van der Waals surface area (Å²) in [5, 5.41) is 16.1. The molecule has 2 rings (SSSR count). The highest BCUT2D eigenvalue weighted by Crippen LogP contribution is 2.33. The Morgan fingerprint density at radius 2 is 1.89 bits per heavy atom. The van der Waals surface area contributed by atoms with Crippen molar-refractivity contribution in [1.29, 1.82) is 0 Å². The van der Waals surface area contributed by atoms with Gasteiger partial charge in [0.05, 0.1) is 34.9 Å². The summed E-state index contributed by atoms with van der Waals surface area (Å²) in [5.41, 5.74) is 0.346. The lowest BCUT2D eigenvalue weighted by atomic mass is 10.2. The van der Waals surface area contributed by atoms with Gasteiger partial charge < -0.3 is 14.8 Å². The molecule has 0 aliphatic carbocycles. The first kappa shape index (κ1) is 21.1. The molecule has 0 aromatic heterocycles. The van der Waals surface area contributed by atoms with Crippen molar-refractivity contribution in [3.8, 4) is 11.5 Å². The number of ether oxygens (including phenoxy) is 2. The summed E-state index contributed by atoms with van der Waals surface area (Å²) in [6.45, 7) is 0. The van der Waals surface area contributed by atoms with Gasteiger partial charge >= 0.3 is 0 Å². The summed E-state index contributed by atoms with van der Waals surface area (Å²) >= 11 is 11.8. The van der Waals surface area contributed by atoms with Gasteiger partial charge in [0.15, 0.2) is 5.11 Å². The lowest BCUT2D eigenvalue weighted by molar-refractivity contribution is -0.384. The Labute approximate surface area is 176 Å². The van der Waals surface area contributed by atoms with E-state index in [1.807, 2.05) is 0 Å². The molecule has 0 saturated heterocycles. The van der Waals surface area contributed by atoms with Crippen LogP contribution in [-0.2, 0) is 0 Å². The predicted octanol–water partition coefficient (Wildman–Crippen LogP) is 4.26. The fraction of sp³-hybridized carbons (Fsp3) is 0.125. The Hall–Kier alpha value is -2.24. The fourth-order valence-electron chi connectivity index (χ4n) is 2.17. The van der Waals surface area contributed by atoms with E-state index in [1.165, 1.54) is 32.4 Å². The van der Waals surface area contributed by atoms with Gasteiger partial charge in [-0.1, -0.05) is 15.9 Å². The van der Waals surface area contributed by atoms with E-state index in [1.54, 1.807) is 12.1 Å². The Balaban J connectivity index is 2.23. The van der Waals surface area contributed by atoms with Gasteiger partial charge in [0, 0.05) is 16.6 Å². The van der Waals surface area contributed by atoms with Crippen LogP contribution in [0.2, 0.25) is 0 Å². The van der Waals surface area contributed by atoms with Gasteiger partial charge in [0.25, 0.3) is 11.6 Å². The van der Waals surface area contributed by atoms with Crippen LogP contribution in [0.4, 0.5) is 11.4 Å². The maximum Gasteiger partial charge on any atom is 0.271 e. The smallest absolute Gasteiger partial charge is 0.271 e. The largest absolute Gasteiger partial charge is 0.495 e. The van der Waals surface area contributed by atoms with E-state index in [9.17, 15) is 14.9 Å². The van der Waals surface area contributed by atoms with Gasteiger partial charge in [0.1, 0.15) is 11.5 Å². The molecule has 27 heavy (non-hydrogen) atoms. The first-order valence-corrected chi connectivity index (χ1v) is 9.24. The monoisotopic (exact) mass is 517 g/mol. The number of benzene rings is 2. The fourth-order valence-corrected chi connectivity index (χ4v) is 3.76. The molecule has 2 aromatic rings. The van der Waals surface area contributed by atoms with Crippen molar-refractivity contribution in [1.82, 2.24) is 5.32 Å². The number of amides is 1. The van der Waals surface area contributed by atoms with Crippen molar-refractivity contribution in [3.05, 3.63) is 55.0 Å². The van der Waals surface area contributed by atoms with Gasteiger partial charge in [-0.05, 0) is 46.3 Å². The van der Waals surface area contributed by atoms with E-state index in [0.717, 1.165) is 0 Å². The zero-order valence-electron chi connectivity index (χ0n) is 14.0. The first-order chi connectivity index (χ1) is 12.8. The molecule has 0 bridgehead atoms. The summed E-state index contributed by atoms with van der Waals surface area (Å²) in [5.74, 6) is 0.155. The number of nitrogens with zero attached hydrogens (tertiary/aromatic N) is 1. The highest BCUT2D eigenvalue weighted by molar-refractivity contribution is 9.11. The van der Waals surface area contributed by atoms with E-state index >= 15 is 0 Å². The summed E-state index contributed by atoms with van der Waals surface area (Å²) in [6.07, 6.45) is 0. The number of carbonyl (C=O) groups is 1. The van der Waals surface area contributed by atoms with Crippen LogP contribution in [0.5, 0.6) is 11.5 Å². The third-order valence-electron chi connectivity index (χ3n) is 3.33. The van der Waals surface area contributed by atoms with Crippen LogP contribution < -0.4 is 20.1 Å². The molecule has 2 aromatic carbocycles. The molecule has 0 unspecified atom stereocenters. The Bertz CT molecular complexity index is 923. The molecule has 1 amide bonds. The van der Waals surface area contributed by atoms with E-state index in [2.05, 4.69) is 42.5 Å². The number of nitrogens with one attached hydrogen (secondary N) is 2. The number of hydrogen-bond donors (Lipinski definition) is 2. The van der Waals surface area contributed by atoms with Crippen LogP contribution in [-0.4, -0.2) is 30.2 Å². The summed E-state index contributed by atoms with van der Waals surface area (Å²) in [4.78, 5) is 23.0. The molecule has 11 heteroatoms. The molecule has 142 valence electrons. The molecule has 0 heterocycles. The van der Waals surface area contributed by atoms with Gasteiger partial charge in [-0.2, -0.15) is 0 Å². The summed E-state index contributed by atoms with van der Waals surface area (Å²) in [7, 11) is 2.85. The highest BCUT2D eigenvalue weighted by atomic mass is 79.9. The van der Waals surface area contributed by atoms with Gasteiger partial charge in [-0.25, -0.2) is 0 Å². The molecule has 0 atom stereocenters. The van der Waals surface area contributed by atoms with Crippen molar-refractivity contribution < 1.29 is 19.2 Å². The summed E-state index contributed by atoms with van der Waals surface area (Å²) in [6, 6.07) is 7.30. The third-order valence-corrected chi connectivity index (χ3v) is 4.58. The average molecular weight is 519 g/mol. The maximum atomic E-state index is 12.6. The maximum absolute atomic E-state index is 12.6. The number of methoxy groups -OCH3 is 2. The zero-order valence-corrected chi connectivity index (χ0v) is 18.0. The predicted molar refractivity (Wildman–Crippen MR) is 112 cm³/mol. The van der Waals surface area contributed by atoms with Crippen molar-refractivity contribution in [3.63, 3.8) is 0 Å². The van der Waals surface area contributed by atoms with Crippen molar-refractivity contribution in [2.24, 2.45) is 0 Å². The van der Waals surface area contributed by atoms with Crippen molar-refractivity contribution >= 4 is 66.5 Å². The van der Waals surface area contributed by atoms with Crippen LogP contribution in [0, 0.1) is 10.1 Å². The lowest BCUT2D eigenvalue weighted by Gasteiger charge is -2.14. The minimum atomic E-state index is -0.546. The number of hydrogen-bond acceptors (Lipinski definition) is 6. The average Bonchev–Trinajstić information content (AvgIpc) is 2.60.